The molecule has 0 bridgehead atoms. The van der Waals surface area contributed by atoms with Crippen LogP contribution in [0.2, 0.25) is 0 Å². The number of carbonyl (C=O) groups excluding carboxylic acids is 4. The van der Waals surface area contributed by atoms with E-state index >= 15 is 0 Å². The number of aliphatic hydroxyl groups excluding tert-OH is 1. The topological polar surface area (TPSA) is 237 Å². The quantitative estimate of drug-likeness (QED) is 0.0222. The molecule has 6 atom stereocenters. The Hall–Kier alpha value is -1.94. The molecule has 4 unspecified atom stereocenters. The Kier molecular flexibility index (Phi) is 76.2. The zero-order valence-electron chi connectivity index (χ0n) is 71.5. The number of hydrogen-bond acceptors (Lipinski definition) is 15. The fourth-order valence-electron chi connectivity index (χ4n) is 13.8. The molecule has 0 saturated carbocycles. The van der Waals surface area contributed by atoms with Crippen LogP contribution in [-0.4, -0.2) is 96.7 Å². The van der Waals surface area contributed by atoms with Crippen LogP contribution in [0, 0.1) is 23.7 Å². The molecule has 0 spiro atoms. The number of rotatable bonds is 86. The van der Waals surface area contributed by atoms with Crippen molar-refractivity contribution in [3.63, 3.8) is 0 Å². The van der Waals surface area contributed by atoms with Crippen LogP contribution in [0.15, 0.2) is 0 Å². The van der Waals surface area contributed by atoms with E-state index in [0.29, 0.717) is 31.6 Å². The highest BCUT2D eigenvalue weighted by molar-refractivity contribution is 7.47. The maximum Gasteiger partial charge on any atom is 0.472 e. The second-order valence-electron chi connectivity index (χ2n) is 33.7. The van der Waals surface area contributed by atoms with E-state index in [9.17, 15) is 43.2 Å². The minimum Gasteiger partial charge on any atom is -0.462 e. The first-order valence-corrected chi connectivity index (χ1v) is 48.7. The Morgan fingerprint density at radius 3 is 0.657 bits per heavy atom. The highest BCUT2D eigenvalue weighted by Crippen LogP contribution is 2.45. The molecule has 0 fully saturated rings. The Bertz CT molecular complexity index is 2100. The molecule has 642 valence electrons. The molecule has 17 nitrogen and oxygen atoms in total. The highest BCUT2D eigenvalue weighted by atomic mass is 31.2. The molecule has 0 saturated heterocycles. The van der Waals surface area contributed by atoms with Gasteiger partial charge in [-0.15, -0.1) is 0 Å². The number of hydrogen-bond donors (Lipinski definition) is 3. The second kappa shape index (κ2) is 77.6. The van der Waals surface area contributed by atoms with E-state index < -0.39 is 97.5 Å². The summed E-state index contributed by atoms with van der Waals surface area (Å²) >= 11 is 0. The number of carbonyl (C=O) groups is 4. The SMILES string of the molecule is CCC(C)CCCCCCCCCCCCCCCCCCCCC(=O)O[C@H](COC(=O)CCCCCCCCCCCCCCCCC(C)C)COP(=O)(O)OCC(O)COP(=O)(O)OC[C@@H](COC(=O)CCCCCCCCCC(C)C)OC(=O)CCCCCCCCCCCCCCCCCCC(C)C. The molecule has 0 aliphatic heterocycles. The second-order valence-corrected chi connectivity index (χ2v) is 36.6. The average Bonchev–Trinajstić information content (AvgIpc) is 0.917. The molecular formula is C89H174O17P2. The third-order valence-electron chi connectivity index (χ3n) is 21.2. The van der Waals surface area contributed by atoms with Gasteiger partial charge in [0, 0.05) is 25.7 Å². The van der Waals surface area contributed by atoms with Gasteiger partial charge in [0.15, 0.2) is 12.2 Å². The third kappa shape index (κ3) is 80.7. The van der Waals surface area contributed by atoms with Gasteiger partial charge < -0.3 is 33.8 Å². The van der Waals surface area contributed by atoms with Gasteiger partial charge in [0.1, 0.15) is 19.3 Å². The van der Waals surface area contributed by atoms with Gasteiger partial charge in [-0.1, -0.05) is 415 Å². The van der Waals surface area contributed by atoms with Gasteiger partial charge in [0.2, 0.25) is 0 Å². The van der Waals surface area contributed by atoms with Gasteiger partial charge in [-0.25, -0.2) is 9.13 Å². The van der Waals surface area contributed by atoms with Crippen LogP contribution in [0.3, 0.4) is 0 Å². The number of esters is 4. The van der Waals surface area contributed by atoms with E-state index in [0.717, 1.165) is 114 Å². The van der Waals surface area contributed by atoms with Crippen LogP contribution in [-0.2, 0) is 65.4 Å². The Morgan fingerprint density at radius 1 is 0.259 bits per heavy atom. The summed E-state index contributed by atoms with van der Waals surface area (Å²) in [6.45, 7) is 14.4. The summed E-state index contributed by atoms with van der Waals surface area (Å²) in [4.78, 5) is 73.3. The molecule has 3 N–H and O–H groups in total. The summed E-state index contributed by atoms with van der Waals surface area (Å²) < 4.78 is 69.0. The van der Waals surface area contributed by atoms with E-state index in [2.05, 4.69) is 55.4 Å². The zero-order valence-corrected chi connectivity index (χ0v) is 73.3. The van der Waals surface area contributed by atoms with Crippen molar-refractivity contribution in [1.29, 1.82) is 0 Å². The fourth-order valence-corrected chi connectivity index (χ4v) is 15.4. The van der Waals surface area contributed by atoms with Crippen molar-refractivity contribution in [2.24, 2.45) is 23.7 Å². The summed E-state index contributed by atoms with van der Waals surface area (Å²) in [7, 11) is -9.93. The number of aliphatic hydroxyl groups is 1. The van der Waals surface area contributed by atoms with Gasteiger partial charge in [-0.3, -0.25) is 37.3 Å². The molecule has 0 radical (unpaired) electrons. The minimum absolute atomic E-state index is 0.107. The predicted molar refractivity (Wildman–Crippen MR) is 446 cm³/mol. The first kappa shape index (κ1) is 106. The summed E-state index contributed by atoms with van der Waals surface area (Å²) in [5.41, 5.74) is 0. The monoisotopic (exact) mass is 1580 g/mol. The first-order chi connectivity index (χ1) is 52.1. The van der Waals surface area contributed by atoms with Crippen molar-refractivity contribution >= 4 is 39.5 Å². The van der Waals surface area contributed by atoms with Gasteiger partial charge in [-0.2, -0.15) is 0 Å². The molecule has 0 aliphatic rings. The van der Waals surface area contributed by atoms with E-state index in [1.54, 1.807) is 0 Å². The van der Waals surface area contributed by atoms with Crippen molar-refractivity contribution < 1.29 is 80.2 Å². The molecular weight excluding hydrogens is 1400 g/mol. The zero-order chi connectivity index (χ0) is 79.5. The van der Waals surface area contributed by atoms with Gasteiger partial charge >= 0.3 is 39.5 Å². The van der Waals surface area contributed by atoms with E-state index in [-0.39, 0.29) is 25.7 Å². The fraction of sp³-hybridized carbons (Fsp3) is 0.955. The van der Waals surface area contributed by atoms with Crippen molar-refractivity contribution in [3.8, 4) is 0 Å². The molecule has 0 amide bonds. The lowest BCUT2D eigenvalue weighted by Gasteiger charge is -2.21. The lowest BCUT2D eigenvalue weighted by molar-refractivity contribution is -0.161. The molecule has 19 heteroatoms. The van der Waals surface area contributed by atoms with Crippen LogP contribution in [0.4, 0.5) is 0 Å². The molecule has 0 aliphatic carbocycles. The highest BCUT2D eigenvalue weighted by Gasteiger charge is 2.31. The van der Waals surface area contributed by atoms with E-state index in [1.807, 2.05) is 0 Å². The summed E-state index contributed by atoms with van der Waals surface area (Å²) in [5, 5.41) is 10.7. The summed E-state index contributed by atoms with van der Waals surface area (Å²) in [6.07, 6.45) is 68.1. The predicted octanol–water partition coefficient (Wildman–Crippen LogP) is 27.1. The minimum atomic E-state index is -4.97. The molecule has 0 aromatic rings. The molecule has 0 aromatic heterocycles. The summed E-state index contributed by atoms with van der Waals surface area (Å²) in [5.74, 6) is 1.08. The van der Waals surface area contributed by atoms with Crippen molar-refractivity contribution in [1.82, 2.24) is 0 Å². The number of phosphoric acid groups is 2. The maximum atomic E-state index is 13.2. The Morgan fingerprint density at radius 2 is 0.444 bits per heavy atom. The molecule has 0 heterocycles. The van der Waals surface area contributed by atoms with E-state index in [4.69, 9.17) is 37.0 Å². The number of ether oxygens (including phenoxy) is 4. The van der Waals surface area contributed by atoms with Crippen LogP contribution in [0.5, 0.6) is 0 Å². The van der Waals surface area contributed by atoms with Crippen LogP contribution >= 0.6 is 15.6 Å². The smallest absolute Gasteiger partial charge is 0.462 e. The third-order valence-corrected chi connectivity index (χ3v) is 23.1. The standard InChI is InChI=1S/C89H174O17P2/c1-9-82(8)68-60-52-44-36-30-24-17-12-10-11-13-18-26-32-38-46-55-63-71-88(93)105-84(75-99-86(91)69-61-53-45-37-31-25-21-20-23-29-35-42-50-58-66-80(4)5)77-103-107(95,96)101-73-83(90)74-102-108(97,98)104-78-85(76-100-87(92)70-62-54-48-40-43-51-59-67-81(6)7)106-89(94)72-64-56-47-39-33-27-19-15-14-16-22-28-34-41-49-57-65-79(2)3/h79-85,90H,9-78H2,1-8H3,(H,95,96)(H,97,98)/t82?,83?,84-,85-/m1/s1. The first-order valence-electron chi connectivity index (χ1n) is 45.7. The van der Waals surface area contributed by atoms with E-state index in [1.165, 1.54) is 263 Å². The number of unbranched alkanes of at least 4 members (excludes halogenated alkanes) is 51. The molecule has 0 rings (SSSR count). The number of phosphoric ester groups is 2. The lowest BCUT2D eigenvalue weighted by Crippen LogP contribution is -2.30. The van der Waals surface area contributed by atoms with Crippen LogP contribution in [0.25, 0.3) is 0 Å². The molecule has 0 aromatic carbocycles. The van der Waals surface area contributed by atoms with Crippen molar-refractivity contribution in [2.75, 3.05) is 39.6 Å². The van der Waals surface area contributed by atoms with Gasteiger partial charge in [0.05, 0.1) is 26.4 Å². The largest absolute Gasteiger partial charge is 0.472 e. The normalized spacial score (nSPS) is 14.1. The average molecular weight is 1580 g/mol. The molecule has 108 heavy (non-hydrogen) atoms. The van der Waals surface area contributed by atoms with Crippen molar-refractivity contribution in [3.05, 3.63) is 0 Å². The van der Waals surface area contributed by atoms with Crippen LogP contribution in [0.1, 0.15) is 466 Å². The Labute approximate surface area is 664 Å². The Balaban J connectivity index is 5.22. The van der Waals surface area contributed by atoms with Gasteiger partial charge in [0.25, 0.3) is 0 Å². The maximum absolute atomic E-state index is 13.2. The van der Waals surface area contributed by atoms with Crippen molar-refractivity contribution in [2.45, 2.75) is 485 Å². The lowest BCUT2D eigenvalue weighted by atomic mass is 9.99. The van der Waals surface area contributed by atoms with Crippen LogP contribution < -0.4 is 0 Å². The van der Waals surface area contributed by atoms with Gasteiger partial charge in [-0.05, 0) is 49.4 Å². The summed E-state index contributed by atoms with van der Waals surface area (Å²) in [6, 6.07) is 0.